The van der Waals surface area contributed by atoms with Gasteiger partial charge in [-0.05, 0) is 101 Å². The van der Waals surface area contributed by atoms with Crippen molar-refractivity contribution in [1.29, 1.82) is 0 Å². The van der Waals surface area contributed by atoms with E-state index in [2.05, 4.69) is 57.2 Å². The third kappa shape index (κ3) is 8.75. The van der Waals surface area contributed by atoms with Gasteiger partial charge in [0.15, 0.2) is 17.4 Å². The SMILES string of the molecule is CCOC(=O)Cc1ccnc(-n2c(C)ccc2C)c1.Cc1ccc(C)n1-c1cc(CCO)ccn1.[AlH3].[H-].[Li+]. The molecule has 0 unspecified atom stereocenters. The molecule has 4 heterocycles. The molecule has 0 fully saturated rings. The smallest absolute Gasteiger partial charge is 1.00 e. The van der Waals surface area contributed by atoms with Crippen molar-refractivity contribution in [3.8, 4) is 11.6 Å². The van der Waals surface area contributed by atoms with Crippen LogP contribution in [-0.2, 0) is 22.4 Å². The molecule has 4 aromatic rings. The van der Waals surface area contributed by atoms with Crippen LogP contribution in [0.4, 0.5) is 0 Å². The fourth-order valence-electron chi connectivity index (χ4n) is 4.00. The van der Waals surface area contributed by atoms with Gasteiger partial charge in [-0.25, -0.2) is 9.97 Å². The predicted molar refractivity (Wildman–Crippen MR) is 148 cm³/mol. The average Bonchev–Trinajstić information content (AvgIpc) is 3.34. The maximum atomic E-state index is 11.5. The van der Waals surface area contributed by atoms with Gasteiger partial charge >= 0.3 is 24.8 Å². The van der Waals surface area contributed by atoms with Crippen molar-refractivity contribution in [3.05, 3.63) is 94.8 Å². The van der Waals surface area contributed by atoms with Crippen molar-refractivity contribution in [3.63, 3.8) is 0 Å². The third-order valence-electron chi connectivity index (χ3n) is 5.67. The van der Waals surface area contributed by atoms with E-state index in [1.807, 2.05) is 45.0 Å². The summed E-state index contributed by atoms with van der Waals surface area (Å²) in [5, 5.41) is 8.92. The van der Waals surface area contributed by atoms with Crippen molar-refractivity contribution in [1.82, 2.24) is 19.1 Å². The van der Waals surface area contributed by atoms with Crippen molar-refractivity contribution in [2.45, 2.75) is 47.5 Å². The molecule has 0 atom stereocenters. The molecule has 0 saturated heterocycles. The Morgan fingerprint density at radius 3 is 1.70 bits per heavy atom. The molecule has 0 radical (unpaired) electrons. The predicted octanol–water partition coefficient (Wildman–Crippen LogP) is 0.551. The molecule has 4 aromatic heterocycles. The number of pyridine rings is 2. The van der Waals surface area contributed by atoms with Gasteiger partial charge in [0.2, 0.25) is 0 Å². The van der Waals surface area contributed by atoms with E-state index >= 15 is 0 Å². The number of aromatic nitrogens is 4. The molecule has 0 spiro atoms. The Kier molecular flexibility index (Phi) is 13.7. The largest absolute Gasteiger partial charge is 1.00 e. The van der Waals surface area contributed by atoms with Crippen LogP contribution in [0.3, 0.4) is 0 Å². The fourth-order valence-corrected chi connectivity index (χ4v) is 4.00. The summed E-state index contributed by atoms with van der Waals surface area (Å²) in [6.45, 7) is 10.6. The number of esters is 1. The Balaban J connectivity index is 0.000000675. The summed E-state index contributed by atoms with van der Waals surface area (Å²) in [5.74, 6) is 1.55. The van der Waals surface area contributed by atoms with Gasteiger partial charge in [-0.3, -0.25) is 4.79 Å². The van der Waals surface area contributed by atoms with Crippen LogP contribution in [0, 0.1) is 27.7 Å². The number of rotatable bonds is 7. The summed E-state index contributed by atoms with van der Waals surface area (Å²) >= 11 is 0. The number of aryl methyl sites for hydroxylation is 4. The van der Waals surface area contributed by atoms with Crippen LogP contribution in [0.15, 0.2) is 60.9 Å². The molecule has 7 nitrogen and oxygen atoms in total. The molecule has 0 amide bonds. The van der Waals surface area contributed by atoms with Gasteiger partial charge in [-0.2, -0.15) is 0 Å². The number of hydrogen-bond acceptors (Lipinski definition) is 5. The van der Waals surface area contributed by atoms with Crippen LogP contribution in [-0.4, -0.2) is 60.8 Å². The van der Waals surface area contributed by atoms with Gasteiger partial charge in [0, 0.05) is 41.8 Å². The first-order chi connectivity index (χ1) is 16.8. The van der Waals surface area contributed by atoms with Gasteiger partial charge in [0.05, 0.1) is 13.0 Å². The molecule has 4 rings (SSSR count). The molecule has 0 saturated carbocycles. The quantitative estimate of drug-likeness (QED) is 0.289. The number of nitrogens with zero attached hydrogens (tertiary/aromatic N) is 4. The van der Waals surface area contributed by atoms with Crippen LogP contribution in [0.25, 0.3) is 11.6 Å². The second-order valence-corrected chi connectivity index (χ2v) is 8.40. The van der Waals surface area contributed by atoms with Gasteiger partial charge in [-0.15, -0.1) is 0 Å². The van der Waals surface area contributed by atoms with Gasteiger partial charge in [0.1, 0.15) is 11.6 Å². The minimum absolute atomic E-state index is 0. The summed E-state index contributed by atoms with van der Waals surface area (Å²) in [6.07, 6.45) is 4.47. The van der Waals surface area contributed by atoms with E-state index < -0.39 is 0 Å². The van der Waals surface area contributed by atoms with Crippen LogP contribution in [0.2, 0.25) is 0 Å². The molecule has 9 heteroatoms. The van der Waals surface area contributed by atoms with E-state index in [1.165, 1.54) is 11.4 Å². The number of ether oxygens (including phenoxy) is 1. The van der Waals surface area contributed by atoms with Gasteiger partial charge < -0.3 is 20.4 Å². The Labute approximate surface area is 243 Å². The van der Waals surface area contributed by atoms with Crippen molar-refractivity contribution in [2.24, 2.45) is 0 Å². The summed E-state index contributed by atoms with van der Waals surface area (Å²) in [4.78, 5) is 20.2. The van der Waals surface area contributed by atoms with E-state index in [4.69, 9.17) is 9.84 Å². The first-order valence-electron chi connectivity index (χ1n) is 11.8. The monoisotopic (exact) mass is 512 g/mol. The molecule has 37 heavy (non-hydrogen) atoms. The molecular weight excluding hydrogens is 474 g/mol. The third-order valence-corrected chi connectivity index (χ3v) is 5.67. The van der Waals surface area contributed by atoms with Crippen molar-refractivity contribution < 1.29 is 34.9 Å². The summed E-state index contributed by atoms with van der Waals surface area (Å²) in [5.41, 5.74) is 6.62. The van der Waals surface area contributed by atoms with Crippen LogP contribution >= 0.6 is 0 Å². The van der Waals surface area contributed by atoms with Gasteiger partial charge in [0.25, 0.3) is 0 Å². The van der Waals surface area contributed by atoms with E-state index in [0.717, 1.165) is 34.2 Å². The average molecular weight is 513 g/mol. The van der Waals surface area contributed by atoms with E-state index in [1.54, 1.807) is 12.4 Å². The minimum atomic E-state index is -0.208. The topological polar surface area (TPSA) is 82.2 Å². The molecule has 192 valence electrons. The van der Waals surface area contributed by atoms with Crippen LogP contribution in [0.5, 0.6) is 0 Å². The summed E-state index contributed by atoms with van der Waals surface area (Å²) in [6, 6.07) is 16.0. The van der Waals surface area contributed by atoms with E-state index in [0.29, 0.717) is 13.0 Å². The van der Waals surface area contributed by atoms with E-state index in [-0.39, 0.29) is 56.6 Å². The number of carbonyl (C=O) groups excluding carboxylic acids is 1. The molecule has 0 aliphatic heterocycles. The molecule has 0 aliphatic rings. The molecule has 0 aromatic carbocycles. The molecule has 1 N–H and O–H groups in total. The van der Waals surface area contributed by atoms with Crippen molar-refractivity contribution >= 4 is 23.3 Å². The normalized spacial score (nSPS) is 10.0. The zero-order chi connectivity index (χ0) is 25.4. The number of carbonyl (C=O) groups is 1. The summed E-state index contributed by atoms with van der Waals surface area (Å²) in [7, 11) is 0. The number of aliphatic hydroxyl groups excluding tert-OH is 1. The van der Waals surface area contributed by atoms with Crippen LogP contribution < -0.4 is 18.9 Å². The Morgan fingerprint density at radius 2 is 1.27 bits per heavy atom. The Bertz CT molecular complexity index is 1250. The Morgan fingerprint density at radius 1 is 0.838 bits per heavy atom. The standard InChI is InChI=1S/C15H18N2O2.C13H16N2O.Al.Li.4H/c1-4-19-15(18)10-13-7-8-16-14(9-13)17-11(2)5-6-12(17)3;1-10-3-4-11(2)15(10)13-9-12(6-8-16)5-7-14-13;;;;;;/h5-9H,4,10H2,1-3H3;3-5,7,9,16H,6,8H2,1-2H3;;;;;;/q;;;+1;;;;-1. The minimum Gasteiger partial charge on any atom is -1.00 e. The maximum Gasteiger partial charge on any atom is 1.00 e. The fraction of sp³-hybridized carbons (Fsp3) is 0.321. The summed E-state index contributed by atoms with van der Waals surface area (Å²) < 4.78 is 9.13. The van der Waals surface area contributed by atoms with Crippen molar-refractivity contribution in [2.75, 3.05) is 13.2 Å². The second kappa shape index (κ2) is 15.6. The maximum absolute atomic E-state index is 11.5. The Hall–Kier alpha value is -2.58. The second-order valence-electron chi connectivity index (χ2n) is 8.40. The molecule has 0 bridgehead atoms. The van der Waals surface area contributed by atoms with Crippen LogP contribution in [0.1, 0.15) is 42.3 Å². The first-order valence-corrected chi connectivity index (χ1v) is 11.8. The molecular formula is C28H38AlLiN4O3. The number of aliphatic hydroxyl groups is 1. The number of hydrogen-bond donors (Lipinski definition) is 1. The zero-order valence-electron chi connectivity index (χ0n) is 23.2. The first kappa shape index (κ1) is 32.4. The van der Waals surface area contributed by atoms with Gasteiger partial charge in [-0.1, -0.05) is 0 Å². The molecule has 0 aliphatic carbocycles. The zero-order valence-corrected chi connectivity index (χ0v) is 22.2. The van der Waals surface area contributed by atoms with E-state index in [9.17, 15) is 4.79 Å².